The van der Waals surface area contributed by atoms with E-state index in [0.29, 0.717) is 0 Å². The summed E-state index contributed by atoms with van der Waals surface area (Å²) in [4.78, 5) is 24.6. The Morgan fingerprint density at radius 3 is 2.16 bits per heavy atom. The Morgan fingerprint density at radius 1 is 1.16 bits per heavy atom. The summed E-state index contributed by atoms with van der Waals surface area (Å²) in [5.41, 5.74) is -1.33. The first-order valence-corrected chi connectivity index (χ1v) is 6.19. The number of urea groups is 1. The molecule has 4 N–H and O–H groups in total. The highest BCUT2D eigenvalue weighted by molar-refractivity contribution is 5.86. The number of rotatable bonds is 2. The van der Waals surface area contributed by atoms with E-state index in [2.05, 4.69) is 5.32 Å². The summed E-state index contributed by atoms with van der Waals surface area (Å²) in [6.45, 7) is 0.550. The second-order valence-corrected chi connectivity index (χ2v) is 4.97. The van der Waals surface area contributed by atoms with E-state index >= 15 is 0 Å². The summed E-state index contributed by atoms with van der Waals surface area (Å²) in [6, 6.07) is -0.583. The third kappa shape index (κ3) is 2.80. The van der Waals surface area contributed by atoms with E-state index in [1.807, 2.05) is 0 Å². The van der Waals surface area contributed by atoms with Crippen molar-refractivity contribution in [2.75, 3.05) is 26.3 Å². The van der Waals surface area contributed by atoms with Gasteiger partial charge in [0.25, 0.3) is 0 Å². The predicted molar refractivity (Wildman–Crippen MR) is 62.5 cm³/mol. The Balaban J connectivity index is 2.02. The van der Waals surface area contributed by atoms with Crippen molar-refractivity contribution < 1.29 is 29.6 Å². The van der Waals surface area contributed by atoms with Gasteiger partial charge in [0.1, 0.15) is 5.54 Å². The van der Waals surface area contributed by atoms with Gasteiger partial charge in [0.15, 0.2) is 0 Å². The van der Waals surface area contributed by atoms with Gasteiger partial charge in [-0.1, -0.05) is 0 Å². The molecule has 0 radical (unpaired) electrons. The van der Waals surface area contributed by atoms with E-state index in [0.717, 1.165) is 0 Å². The molecule has 0 bridgehead atoms. The molecule has 0 spiro atoms. The molecule has 8 nitrogen and oxygen atoms in total. The maximum absolute atomic E-state index is 12.0. The molecule has 2 atom stereocenters. The third-order valence-electron chi connectivity index (χ3n) is 3.65. The number of carboxylic acid groups (broad SMARTS) is 1. The van der Waals surface area contributed by atoms with Crippen molar-refractivity contribution in [2.45, 2.75) is 30.6 Å². The molecule has 2 aliphatic rings. The predicted octanol–water partition coefficient (Wildman–Crippen LogP) is -1.63. The summed E-state index contributed by atoms with van der Waals surface area (Å²) in [5.74, 6) is -1.09. The Labute approximate surface area is 110 Å². The molecule has 2 aliphatic heterocycles. The molecule has 0 saturated carbocycles. The van der Waals surface area contributed by atoms with Crippen LogP contribution in [0.4, 0.5) is 4.79 Å². The molecular formula is C11H18N2O6. The SMILES string of the molecule is O=C(NC1(C(=O)O)CCOCC1)N1CC(O)C(O)C1. The first-order valence-electron chi connectivity index (χ1n) is 6.19. The van der Waals surface area contributed by atoms with Gasteiger partial charge >= 0.3 is 12.0 Å². The molecule has 2 saturated heterocycles. The van der Waals surface area contributed by atoms with Crippen molar-refractivity contribution in [3.63, 3.8) is 0 Å². The number of carbonyl (C=O) groups is 2. The Hall–Kier alpha value is -1.38. The minimum Gasteiger partial charge on any atom is -0.480 e. The number of aliphatic hydroxyl groups is 2. The van der Waals surface area contributed by atoms with Crippen LogP contribution in [-0.4, -0.2) is 76.3 Å². The van der Waals surface area contributed by atoms with Crippen LogP contribution in [0.1, 0.15) is 12.8 Å². The minimum atomic E-state index is -1.33. The number of ether oxygens (including phenoxy) is 1. The maximum Gasteiger partial charge on any atom is 0.329 e. The van der Waals surface area contributed by atoms with Crippen LogP contribution in [-0.2, 0) is 9.53 Å². The highest BCUT2D eigenvalue weighted by Gasteiger charge is 2.43. The molecule has 2 unspecified atom stereocenters. The maximum atomic E-state index is 12.0. The number of carbonyl (C=O) groups excluding carboxylic acids is 1. The highest BCUT2D eigenvalue weighted by Crippen LogP contribution is 2.22. The zero-order valence-electron chi connectivity index (χ0n) is 10.4. The Bertz CT molecular complexity index is 358. The first-order chi connectivity index (χ1) is 8.94. The summed E-state index contributed by atoms with van der Waals surface area (Å²) < 4.78 is 5.11. The number of aliphatic hydroxyl groups excluding tert-OH is 2. The lowest BCUT2D eigenvalue weighted by molar-refractivity contribution is -0.148. The van der Waals surface area contributed by atoms with E-state index in [4.69, 9.17) is 4.74 Å². The zero-order chi connectivity index (χ0) is 14.0. The number of nitrogens with one attached hydrogen (secondary N) is 1. The standard InChI is InChI=1S/C11H18N2O6/c14-7-5-13(6-8(7)15)10(18)12-11(9(16)17)1-3-19-4-2-11/h7-8,14-15H,1-6H2,(H,12,18)(H,16,17). The number of nitrogens with zero attached hydrogens (tertiary/aromatic N) is 1. The minimum absolute atomic E-state index is 0.000795. The lowest BCUT2D eigenvalue weighted by atomic mass is 9.90. The van der Waals surface area contributed by atoms with E-state index in [-0.39, 0.29) is 39.1 Å². The summed E-state index contributed by atoms with van der Waals surface area (Å²) in [5, 5.41) is 30.6. The molecule has 0 aromatic rings. The summed E-state index contributed by atoms with van der Waals surface area (Å²) in [7, 11) is 0. The van der Waals surface area contributed by atoms with Gasteiger partial charge in [-0.2, -0.15) is 0 Å². The van der Waals surface area contributed by atoms with Crippen LogP contribution >= 0.6 is 0 Å². The van der Waals surface area contributed by atoms with Gasteiger partial charge < -0.3 is 30.3 Å². The van der Waals surface area contributed by atoms with Crippen LogP contribution in [0.25, 0.3) is 0 Å². The number of hydrogen-bond donors (Lipinski definition) is 4. The molecule has 108 valence electrons. The Morgan fingerprint density at radius 2 is 1.68 bits per heavy atom. The monoisotopic (exact) mass is 274 g/mol. The van der Waals surface area contributed by atoms with Crippen LogP contribution in [0.15, 0.2) is 0 Å². The summed E-state index contributed by atoms with van der Waals surface area (Å²) in [6.07, 6.45) is -1.57. The van der Waals surface area contributed by atoms with Gasteiger partial charge in [0, 0.05) is 26.1 Å². The number of β-amino-alcohol motifs (C(OH)–C–C–N with tert-alkyl or cyclic N) is 2. The fraction of sp³-hybridized carbons (Fsp3) is 0.818. The molecular weight excluding hydrogens is 256 g/mol. The molecule has 2 fully saturated rings. The highest BCUT2D eigenvalue weighted by atomic mass is 16.5. The molecule has 8 heteroatoms. The van der Waals surface area contributed by atoms with Crippen LogP contribution in [0.5, 0.6) is 0 Å². The largest absolute Gasteiger partial charge is 0.480 e. The average molecular weight is 274 g/mol. The fourth-order valence-electron chi connectivity index (χ4n) is 2.33. The second-order valence-electron chi connectivity index (χ2n) is 4.97. The van der Waals surface area contributed by atoms with Crippen LogP contribution in [0, 0.1) is 0 Å². The molecule has 2 amide bonds. The number of amides is 2. The first kappa shape index (κ1) is 14.0. The number of likely N-dealkylation sites (tertiary alicyclic amines) is 1. The van der Waals surface area contributed by atoms with Crippen molar-refractivity contribution in [2.24, 2.45) is 0 Å². The summed E-state index contributed by atoms with van der Waals surface area (Å²) >= 11 is 0. The second kappa shape index (κ2) is 5.32. The van der Waals surface area contributed by atoms with Gasteiger partial charge in [-0.15, -0.1) is 0 Å². The Kier molecular flexibility index (Phi) is 3.93. The molecule has 2 rings (SSSR count). The number of hydrogen-bond acceptors (Lipinski definition) is 5. The van der Waals surface area contributed by atoms with Gasteiger partial charge in [-0.3, -0.25) is 0 Å². The molecule has 19 heavy (non-hydrogen) atoms. The van der Waals surface area contributed by atoms with Crippen molar-refractivity contribution in [3.8, 4) is 0 Å². The van der Waals surface area contributed by atoms with Crippen molar-refractivity contribution in [3.05, 3.63) is 0 Å². The van der Waals surface area contributed by atoms with Crippen molar-refractivity contribution >= 4 is 12.0 Å². The lowest BCUT2D eigenvalue weighted by Crippen LogP contribution is -2.60. The normalized spacial score (nSPS) is 30.1. The fourth-order valence-corrected chi connectivity index (χ4v) is 2.33. The van der Waals surface area contributed by atoms with Gasteiger partial charge in [-0.25, -0.2) is 9.59 Å². The quantitative estimate of drug-likeness (QED) is 0.480. The van der Waals surface area contributed by atoms with Crippen molar-refractivity contribution in [1.82, 2.24) is 10.2 Å². The topological polar surface area (TPSA) is 119 Å². The van der Waals surface area contributed by atoms with Crippen LogP contribution < -0.4 is 5.32 Å². The molecule has 2 heterocycles. The number of carboxylic acids is 1. The van der Waals surface area contributed by atoms with Crippen LogP contribution in [0.2, 0.25) is 0 Å². The zero-order valence-corrected chi connectivity index (χ0v) is 10.4. The lowest BCUT2D eigenvalue weighted by Gasteiger charge is -2.35. The molecule has 0 aliphatic carbocycles. The van der Waals surface area contributed by atoms with Gasteiger partial charge in [0.2, 0.25) is 0 Å². The van der Waals surface area contributed by atoms with E-state index in [9.17, 15) is 24.9 Å². The molecule has 0 aromatic carbocycles. The van der Waals surface area contributed by atoms with Gasteiger partial charge in [-0.05, 0) is 0 Å². The molecule has 0 aromatic heterocycles. The van der Waals surface area contributed by atoms with E-state index < -0.39 is 29.7 Å². The smallest absolute Gasteiger partial charge is 0.329 e. The van der Waals surface area contributed by atoms with Gasteiger partial charge in [0.05, 0.1) is 25.3 Å². The van der Waals surface area contributed by atoms with Crippen LogP contribution in [0.3, 0.4) is 0 Å². The third-order valence-corrected chi connectivity index (χ3v) is 3.65. The average Bonchev–Trinajstić information content (AvgIpc) is 2.71. The van der Waals surface area contributed by atoms with E-state index in [1.165, 1.54) is 4.90 Å². The van der Waals surface area contributed by atoms with E-state index in [1.54, 1.807) is 0 Å². The number of aliphatic carboxylic acids is 1. The van der Waals surface area contributed by atoms with Crippen molar-refractivity contribution in [1.29, 1.82) is 0 Å².